The maximum absolute atomic E-state index is 12.9. The number of benzene rings is 2. The van der Waals surface area contributed by atoms with Gasteiger partial charge in [0.15, 0.2) is 0 Å². The Balaban J connectivity index is 1.53. The lowest BCUT2D eigenvalue weighted by Crippen LogP contribution is -2.41. The first-order valence-electron chi connectivity index (χ1n) is 12.2. The molecule has 2 N–H and O–H groups in total. The minimum atomic E-state index is -0.105. The molecule has 0 aromatic heterocycles. The van der Waals surface area contributed by atoms with Crippen molar-refractivity contribution in [3.8, 4) is 5.75 Å². The summed E-state index contributed by atoms with van der Waals surface area (Å²) in [6.45, 7) is 9.11. The predicted molar refractivity (Wildman–Crippen MR) is 135 cm³/mol. The fourth-order valence-corrected chi connectivity index (χ4v) is 4.07. The second-order valence-electron chi connectivity index (χ2n) is 8.83. The number of ether oxygens (including phenoxy) is 2. The van der Waals surface area contributed by atoms with Crippen molar-refractivity contribution in [3.63, 3.8) is 0 Å². The maximum atomic E-state index is 12.9. The monoisotopic (exact) mass is 467 g/mol. The Bertz CT molecular complexity index is 930. The molecule has 3 rings (SSSR count). The van der Waals surface area contributed by atoms with E-state index in [0.717, 1.165) is 42.8 Å². The summed E-state index contributed by atoms with van der Waals surface area (Å²) in [4.78, 5) is 27.3. The van der Waals surface area contributed by atoms with Gasteiger partial charge in [-0.15, -0.1) is 0 Å². The molecule has 2 aromatic carbocycles. The van der Waals surface area contributed by atoms with Crippen LogP contribution in [0.5, 0.6) is 5.75 Å². The molecule has 34 heavy (non-hydrogen) atoms. The van der Waals surface area contributed by atoms with Crippen LogP contribution in [-0.2, 0) is 4.74 Å². The molecular weight excluding hydrogens is 430 g/mol. The number of carbonyl (C=O) groups is 2. The quantitative estimate of drug-likeness (QED) is 0.480. The summed E-state index contributed by atoms with van der Waals surface area (Å²) in [5.74, 6) is 0.908. The Morgan fingerprint density at radius 1 is 1.15 bits per heavy atom. The predicted octanol–water partition coefficient (Wildman–Crippen LogP) is 5.04. The maximum Gasteiger partial charge on any atom is 0.321 e. The highest BCUT2D eigenvalue weighted by Crippen LogP contribution is 2.28. The van der Waals surface area contributed by atoms with Gasteiger partial charge in [0.05, 0.1) is 12.7 Å². The van der Waals surface area contributed by atoms with Gasteiger partial charge in [0, 0.05) is 43.4 Å². The SMILES string of the molecule is CCOc1ccc(NC(=O)N2CCC[C@H](c3cccc(C(=O)NCCCOC(C)C)c3)C2)cc1. The van der Waals surface area contributed by atoms with Crippen LogP contribution in [0.15, 0.2) is 48.5 Å². The highest BCUT2D eigenvalue weighted by atomic mass is 16.5. The minimum Gasteiger partial charge on any atom is -0.494 e. The van der Waals surface area contributed by atoms with Gasteiger partial charge < -0.3 is 25.0 Å². The van der Waals surface area contributed by atoms with Crippen LogP contribution in [0.4, 0.5) is 10.5 Å². The van der Waals surface area contributed by atoms with Crippen LogP contribution < -0.4 is 15.4 Å². The number of nitrogens with zero attached hydrogens (tertiary/aromatic N) is 1. The fraction of sp³-hybridized carbons (Fsp3) is 0.481. The normalized spacial score (nSPS) is 15.8. The Kier molecular flexibility index (Phi) is 9.76. The molecular formula is C27H37N3O4. The van der Waals surface area contributed by atoms with E-state index in [0.29, 0.717) is 31.9 Å². The van der Waals surface area contributed by atoms with Crippen molar-refractivity contribution in [1.29, 1.82) is 0 Å². The lowest BCUT2D eigenvalue weighted by Gasteiger charge is -2.33. The van der Waals surface area contributed by atoms with Crippen LogP contribution in [-0.4, -0.2) is 55.8 Å². The van der Waals surface area contributed by atoms with Crippen molar-refractivity contribution < 1.29 is 19.1 Å². The number of piperidine rings is 1. The Labute approximate surface area is 202 Å². The summed E-state index contributed by atoms with van der Waals surface area (Å²) in [6, 6.07) is 15.1. The number of amides is 3. The molecule has 7 nitrogen and oxygen atoms in total. The van der Waals surface area contributed by atoms with E-state index in [2.05, 4.69) is 10.6 Å². The van der Waals surface area contributed by atoms with Crippen LogP contribution >= 0.6 is 0 Å². The summed E-state index contributed by atoms with van der Waals surface area (Å²) < 4.78 is 11.0. The van der Waals surface area contributed by atoms with Gasteiger partial charge in [0.2, 0.25) is 0 Å². The zero-order valence-corrected chi connectivity index (χ0v) is 20.5. The zero-order valence-electron chi connectivity index (χ0n) is 20.5. The summed E-state index contributed by atoms with van der Waals surface area (Å²) in [5, 5.41) is 5.95. The van der Waals surface area contributed by atoms with Crippen LogP contribution in [0.25, 0.3) is 0 Å². The number of hydrogen-bond acceptors (Lipinski definition) is 4. The molecule has 0 aliphatic carbocycles. The molecule has 0 unspecified atom stereocenters. The molecule has 3 amide bonds. The zero-order chi connectivity index (χ0) is 24.3. The third kappa shape index (κ3) is 7.76. The van der Waals surface area contributed by atoms with Crippen molar-refractivity contribution in [2.45, 2.75) is 52.1 Å². The summed E-state index contributed by atoms with van der Waals surface area (Å²) in [5.41, 5.74) is 2.49. The number of urea groups is 1. The molecule has 2 aromatic rings. The van der Waals surface area contributed by atoms with Gasteiger partial charge in [-0.05, 0) is 82.0 Å². The largest absolute Gasteiger partial charge is 0.494 e. The Morgan fingerprint density at radius 3 is 2.68 bits per heavy atom. The number of hydrogen-bond donors (Lipinski definition) is 2. The van der Waals surface area contributed by atoms with E-state index >= 15 is 0 Å². The standard InChI is InChI=1S/C27H37N3O4/c1-4-33-25-13-11-24(12-14-25)29-27(32)30-16-6-10-23(19-30)21-8-5-9-22(18-21)26(31)28-15-7-17-34-20(2)3/h5,8-9,11-14,18,20,23H,4,6-7,10,15-17,19H2,1-3H3,(H,28,31)(H,29,32)/t23-/m0/s1. The molecule has 0 radical (unpaired) electrons. The van der Waals surface area contributed by atoms with Crippen molar-refractivity contribution in [2.24, 2.45) is 0 Å². The van der Waals surface area contributed by atoms with Gasteiger partial charge in [0.25, 0.3) is 5.91 Å². The third-order valence-corrected chi connectivity index (χ3v) is 5.80. The lowest BCUT2D eigenvalue weighted by atomic mass is 9.89. The number of rotatable bonds is 10. The van der Waals surface area contributed by atoms with Gasteiger partial charge in [-0.25, -0.2) is 4.79 Å². The molecule has 1 atom stereocenters. The average molecular weight is 468 g/mol. The Hall–Kier alpha value is -3.06. The number of likely N-dealkylation sites (tertiary alicyclic amines) is 1. The topological polar surface area (TPSA) is 79.9 Å². The molecule has 1 fully saturated rings. The van der Waals surface area contributed by atoms with E-state index in [-0.39, 0.29) is 24.0 Å². The molecule has 0 bridgehead atoms. The molecule has 1 aliphatic rings. The number of carbonyl (C=O) groups excluding carboxylic acids is 2. The van der Waals surface area contributed by atoms with E-state index in [9.17, 15) is 9.59 Å². The summed E-state index contributed by atoms with van der Waals surface area (Å²) in [7, 11) is 0. The fourth-order valence-electron chi connectivity index (χ4n) is 4.07. The van der Waals surface area contributed by atoms with Gasteiger partial charge in [-0.3, -0.25) is 4.79 Å². The summed E-state index contributed by atoms with van der Waals surface area (Å²) >= 11 is 0. The van der Waals surface area contributed by atoms with Crippen LogP contribution in [0.2, 0.25) is 0 Å². The van der Waals surface area contributed by atoms with E-state index in [4.69, 9.17) is 9.47 Å². The second kappa shape index (κ2) is 13.0. The van der Waals surface area contributed by atoms with Crippen molar-refractivity contribution >= 4 is 17.6 Å². The first-order chi connectivity index (χ1) is 16.5. The van der Waals surface area contributed by atoms with E-state index < -0.39 is 0 Å². The van der Waals surface area contributed by atoms with Crippen LogP contribution in [0, 0.1) is 0 Å². The summed E-state index contributed by atoms with van der Waals surface area (Å²) in [6.07, 6.45) is 2.90. The molecule has 1 aliphatic heterocycles. The van der Waals surface area contributed by atoms with Gasteiger partial charge >= 0.3 is 6.03 Å². The molecule has 0 spiro atoms. The van der Waals surface area contributed by atoms with Crippen molar-refractivity contribution in [1.82, 2.24) is 10.2 Å². The first-order valence-corrected chi connectivity index (χ1v) is 12.2. The highest BCUT2D eigenvalue weighted by molar-refractivity contribution is 5.94. The van der Waals surface area contributed by atoms with Crippen molar-refractivity contribution in [3.05, 3.63) is 59.7 Å². The minimum absolute atomic E-state index is 0.0766. The van der Waals surface area contributed by atoms with Gasteiger partial charge in [-0.1, -0.05) is 12.1 Å². The van der Waals surface area contributed by atoms with E-state index in [1.807, 2.05) is 74.2 Å². The van der Waals surface area contributed by atoms with Gasteiger partial charge in [-0.2, -0.15) is 0 Å². The van der Waals surface area contributed by atoms with Gasteiger partial charge in [0.1, 0.15) is 5.75 Å². The Morgan fingerprint density at radius 2 is 1.94 bits per heavy atom. The third-order valence-electron chi connectivity index (χ3n) is 5.80. The van der Waals surface area contributed by atoms with E-state index in [1.165, 1.54) is 0 Å². The average Bonchev–Trinajstić information content (AvgIpc) is 2.85. The number of nitrogens with one attached hydrogen (secondary N) is 2. The molecule has 0 saturated carbocycles. The molecule has 184 valence electrons. The second-order valence-corrected chi connectivity index (χ2v) is 8.83. The highest BCUT2D eigenvalue weighted by Gasteiger charge is 2.25. The smallest absolute Gasteiger partial charge is 0.321 e. The molecule has 7 heteroatoms. The van der Waals surface area contributed by atoms with Crippen LogP contribution in [0.3, 0.4) is 0 Å². The van der Waals surface area contributed by atoms with E-state index in [1.54, 1.807) is 0 Å². The molecule has 1 heterocycles. The van der Waals surface area contributed by atoms with Crippen molar-refractivity contribution in [2.75, 3.05) is 38.2 Å². The first kappa shape index (κ1) is 25.6. The van der Waals surface area contributed by atoms with Crippen LogP contribution in [0.1, 0.15) is 61.9 Å². The molecule has 1 saturated heterocycles. The number of anilines is 1. The lowest BCUT2D eigenvalue weighted by molar-refractivity contribution is 0.0757.